The van der Waals surface area contributed by atoms with Crippen molar-refractivity contribution in [3.05, 3.63) is 55.4 Å². The van der Waals surface area contributed by atoms with Crippen molar-refractivity contribution in [1.29, 1.82) is 0 Å². The molecule has 0 aliphatic rings. The summed E-state index contributed by atoms with van der Waals surface area (Å²) in [6.45, 7) is 2.70. The first kappa shape index (κ1) is 21.1. The minimum absolute atomic E-state index is 0.116. The standard InChI is InChI=1S/C20H20ClN5O4S/c1-5-30-13-7-6-11(8-14(13)29-4)17-22-12(10-31-17)9-26-15-16(23-19(26)21)24(2)20(28)25(3)18(15)27/h6-8,10H,5,9H2,1-4H3. The summed E-state index contributed by atoms with van der Waals surface area (Å²) < 4.78 is 14.9. The van der Waals surface area contributed by atoms with Crippen LogP contribution in [0.1, 0.15) is 12.6 Å². The van der Waals surface area contributed by atoms with Gasteiger partial charge >= 0.3 is 5.69 Å². The van der Waals surface area contributed by atoms with Gasteiger partial charge in [0, 0.05) is 25.0 Å². The number of hydrogen-bond donors (Lipinski definition) is 0. The van der Waals surface area contributed by atoms with Gasteiger partial charge in [-0.1, -0.05) is 0 Å². The molecule has 0 spiro atoms. The van der Waals surface area contributed by atoms with Crippen molar-refractivity contribution in [3.8, 4) is 22.1 Å². The normalized spacial score (nSPS) is 11.3. The molecule has 3 heterocycles. The third-order valence-electron chi connectivity index (χ3n) is 4.88. The molecule has 1 aromatic carbocycles. The van der Waals surface area contributed by atoms with Crippen LogP contribution in [0.5, 0.6) is 11.5 Å². The number of ether oxygens (including phenoxy) is 2. The summed E-state index contributed by atoms with van der Waals surface area (Å²) in [6.07, 6.45) is 0. The first-order valence-electron chi connectivity index (χ1n) is 9.43. The Morgan fingerprint density at radius 1 is 1.13 bits per heavy atom. The van der Waals surface area contributed by atoms with Crippen LogP contribution in [-0.2, 0) is 20.6 Å². The first-order chi connectivity index (χ1) is 14.8. The van der Waals surface area contributed by atoms with Crippen molar-refractivity contribution in [2.75, 3.05) is 13.7 Å². The zero-order valence-electron chi connectivity index (χ0n) is 17.4. The van der Waals surface area contributed by atoms with Gasteiger partial charge in [0.15, 0.2) is 22.7 Å². The summed E-state index contributed by atoms with van der Waals surface area (Å²) in [4.78, 5) is 33.8. The topological polar surface area (TPSA) is 93.2 Å². The number of hydrogen-bond acceptors (Lipinski definition) is 7. The molecule has 0 radical (unpaired) electrons. The van der Waals surface area contributed by atoms with Gasteiger partial charge in [-0.2, -0.15) is 4.98 Å². The van der Waals surface area contributed by atoms with Crippen molar-refractivity contribution in [2.45, 2.75) is 13.5 Å². The second kappa shape index (κ2) is 8.20. The average molecular weight is 462 g/mol. The predicted octanol–water partition coefficient (Wildman–Crippen LogP) is 2.67. The van der Waals surface area contributed by atoms with Crippen LogP contribution in [0.3, 0.4) is 0 Å². The monoisotopic (exact) mass is 461 g/mol. The van der Waals surface area contributed by atoms with Crippen molar-refractivity contribution >= 4 is 34.1 Å². The quantitative estimate of drug-likeness (QED) is 0.410. The summed E-state index contributed by atoms with van der Waals surface area (Å²) in [7, 11) is 4.57. The highest BCUT2D eigenvalue weighted by molar-refractivity contribution is 7.13. The summed E-state index contributed by atoms with van der Waals surface area (Å²) in [5.74, 6) is 1.30. The summed E-state index contributed by atoms with van der Waals surface area (Å²) in [5.41, 5.74) is 1.18. The number of rotatable bonds is 6. The van der Waals surface area contributed by atoms with E-state index in [4.69, 9.17) is 21.1 Å². The predicted molar refractivity (Wildman–Crippen MR) is 120 cm³/mol. The molecule has 31 heavy (non-hydrogen) atoms. The maximum Gasteiger partial charge on any atom is 0.332 e. The molecular weight excluding hydrogens is 442 g/mol. The van der Waals surface area contributed by atoms with Gasteiger partial charge in [-0.05, 0) is 36.7 Å². The zero-order valence-corrected chi connectivity index (χ0v) is 19.0. The number of halogens is 1. The Kier molecular flexibility index (Phi) is 5.59. The van der Waals surface area contributed by atoms with E-state index in [1.165, 1.54) is 23.0 Å². The van der Waals surface area contributed by atoms with Crippen molar-refractivity contribution in [2.24, 2.45) is 14.1 Å². The fourth-order valence-corrected chi connectivity index (χ4v) is 4.35. The van der Waals surface area contributed by atoms with Crippen LogP contribution in [0.25, 0.3) is 21.7 Å². The summed E-state index contributed by atoms with van der Waals surface area (Å²) in [5, 5.41) is 2.80. The Hall–Kier alpha value is -3.11. The third kappa shape index (κ3) is 3.61. The number of methoxy groups -OCH3 is 1. The van der Waals surface area contributed by atoms with Crippen LogP contribution in [0.4, 0.5) is 0 Å². The molecule has 0 N–H and O–H groups in total. The van der Waals surface area contributed by atoms with Gasteiger partial charge in [-0.3, -0.25) is 13.9 Å². The number of nitrogens with zero attached hydrogens (tertiary/aromatic N) is 5. The van der Waals surface area contributed by atoms with Gasteiger partial charge in [-0.25, -0.2) is 9.78 Å². The molecule has 0 amide bonds. The molecule has 11 heteroatoms. The second-order valence-electron chi connectivity index (χ2n) is 6.79. The van der Waals surface area contributed by atoms with Gasteiger partial charge in [-0.15, -0.1) is 11.3 Å². The highest BCUT2D eigenvalue weighted by atomic mass is 35.5. The van der Waals surface area contributed by atoms with Crippen LogP contribution in [0.15, 0.2) is 33.2 Å². The van der Waals surface area contributed by atoms with Gasteiger partial charge < -0.3 is 14.0 Å². The third-order valence-corrected chi connectivity index (χ3v) is 6.11. The Balaban J connectivity index is 1.72. The van der Waals surface area contributed by atoms with Crippen LogP contribution < -0.4 is 20.7 Å². The molecular formula is C20H20ClN5O4S. The minimum atomic E-state index is -0.459. The summed E-state index contributed by atoms with van der Waals surface area (Å²) in [6, 6.07) is 5.64. The first-order valence-corrected chi connectivity index (χ1v) is 10.7. The van der Waals surface area contributed by atoms with Crippen molar-refractivity contribution in [1.82, 2.24) is 23.7 Å². The Labute approximate surface area is 186 Å². The smallest absolute Gasteiger partial charge is 0.332 e. The van der Waals surface area contributed by atoms with E-state index in [9.17, 15) is 9.59 Å². The van der Waals surface area contributed by atoms with E-state index in [0.29, 0.717) is 23.8 Å². The SMILES string of the molecule is CCOc1ccc(-c2nc(Cn3c(Cl)nc4c3c(=O)n(C)c(=O)n4C)cs2)cc1OC. The maximum absolute atomic E-state index is 12.7. The fourth-order valence-electron chi connectivity index (χ4n) is 3.31. The van der Waals surface area contributed by atoms with Crippen LogP contribution in [-0.4, -0.2) is 37.4 Å². The lowest BCUT2D eigenvalue weighted by Gasteiger charge is -2.10. The molecule has 9 nitrogen and oxygen atoms in total. The number of imidazole rings is 1. The molecule has 0 aliphatic heterocycles. The van der Waals surface area contributed by atoms with E-state index >= 15 is 0 Å². The number of benzene rings is 1. The number of aryl methyl sites for hydroxylation is 1. The zero-order chi connectivity index (χ0) is 22.3. The lowest BCUT2D eigenvalue weighted by molar-refractivity contribution is 0.311. The van der Waals surface area contributed by atoms with Crippen LogP contribution in [0, 0.1) is 0 Å². The minimum Gasteiger partial charge on any atom is -0.493 e. The maximum atomic E-state index is 12.7. The van der Waals surface area contributed by atoms with E-state index in [1.54, 1.807) is 18.7 Å². The molecule has 4 rings (SSSR count). The van der Waals surface area contributed by atoms with Crippen molar-refractivity contribution < 1.29 is 9.47 Å². The molecule has 0 saturated heterocycles. The van der Waals surface area contributed by atoms with Gasteiger partial charge in [0.2, 0.25) is 5.28 Å². The molecule has 0 atom stereocenters. The van der Waals surface area contributed by atoms with E-state index < -0.39 is 11.2 Å². The van der Waals surface area contributed by atoms with Crippen molar-refractivity contribution in [3.63, 3.8) is 0 Å². The Bertz CT molecular complexity index is 1400. The fraction of sp³-hybridized carbons (Fsp3) is 0.300. The van der Waals surface area contributed by atoms with Gasteiger partial charge in [0.1, 0.15) is 5.01 Å². The Morgan fingerprint density at radius 2 is 1.90 bits per heavy atom. The van der Waals surface area contributed by atoms with E-state index in [1.807, 2.05) is 30.5 Å². The number of thiazole rings is 1. The van der Waals surface area contributed by atoms with E-state index in [2.05, 4.69) is 9.97 Å². The molecule has 4 aromatic rings. The van der Waals surface area contributed by atoms with Gasteiger partial charge in [0.25, 0.3) is 5.56 Å². The molecule has 0 saturated carbocycles. The van der Waals surface area contributed by atoms with E-state index in [-0.39, 0.29) is 23.0 Å². The number of fused-ring (bicyclic) bond motifs is 1. The molecule has 0 aliphatic carbocycles. The van der Waals surface area contributed by atoms with Gasteiger partial charge in [0.05, 0.1) is 26.0 Å². The average Bonchev–Trinajstić information content (AvgIpc) is 3.36. The number of aromatic nitrogens is 5. The molecule has 0 unspecified atom stereocenters. The highest BCUT2D eigenvalue weighted by Crippen LogP contribution is 2.34. The summed E-state index contributed by atoms with van der Waals surface area (Å²) >= 11 is 7.77. The van der Waals surface area contributed by atoms with Crippen LogP contribution >= 0.6 is 22.9 Å². The lowest BCUT2D eigenvalue weighted by Crippen LogP contribution is -2.37. The Morgan fingerprint density at radius 3 is 2.61 bits per heavy atom. The molecule has 0 bridgehead atoms. The molecule has 162 valence electrons. The highest BCUT2D eigenvalue weighted by Gasteiger charge is 2.19. The van der Waals surface area contributed by atoms with Crippen LogP contribution in [0.2, 0.25) is 5.28 Å². The largest absolute Gasteiger partial charge is 0.493 e. The van der Waals surface area contributed by atoms with E-state index in [0.717, 1.165) is 15.1 Å². The molecule has 3 aromatic heterocycles. The second-order valence-corrected chi connectivity index (χ2v) is 7.98. The molecule has 0 fully saturated rings. The lowest BCUT2D eigenvalue weighted by atomic mass is 10.2.